The van der Waals surface area contributed by atoms with E-state index in [4.69, 9.17) is 4.99 Å². The third-order valence-corrected chi connectivity index (χ3v) is 3.98. The lowest BCUT2D eigenvalue weighted by molar-refractivity contribution is 0.425. The fraction of sp³-hybridized carbons (Fsp3) is 0.222. The minimum absolute atomic E-state index is 0.168. The van der Waals surface area contributed by atoms with Crippen molar-refractivity contribution in [1.82, 2.24) is 9.55 Å². The molecule has 1 aliphatic rings. The average molecular weight is 293 g/mol. The van der Waals surface area contributed by atoms with Crippen LogP contribution in [0, 0.1) is 5.82 Å². The highest BCUT2D eigenvalue weighted by atomic mass is 19.1. The maximum Gasteiger partial charge on any atom is 0.149 e. The summed E-state index contributed by atoms with van der Waals surface area (Å²) < 4.78 is 16.0. The molecule has 0 bridgehead atoms. The van der Waals surface area contributed by atoms with Gasteiger partial charge in [-0.05, 0) is 38.1 Å². The monoisotopic (exact) mass is 293 g/mol. The Morgan fingerprint density at radius 2 is 2.05 bits per heavy atom. The Balaban J connectivity index is 1.93. The van der Waals surface area contributed by atoms with Gasteiger partial charge >= 0.3 is 0 Å². The minimum atomic E-state index is -0.293. The van der Waals surface area contributed by atoms with E-state index in [1.54, 1.807) is 12.3 Å². The number of pyridine rings is 1. The molecule has 0 unspecified atom stereocenters. The molecule has 0 saturated carbocycles. The van der Waals surface area contributed by atoms with Crippen molar-refractivity contribution in [2.45, 2.75) is 25.9 Å². The van der Waals surface area contributed by atoms with Crippen LogP contribution in [0.4, 0.5) is 4.39 Å². The zero-order valence-electron chi connectivity index (χ0n) is 12.5. The molecule has 1 aromatic carbocycles. The largest absolute Gasteiger partial charge is 0.344 e. The topological polar surface area (TPSA) is 30.2 Å². The average Bonchev–Trinajstić information content (AvgIpc) is 2.93. The highest BCUT2D eigenvalue weighted by Gasteiger charge is 2.27. The zero-order valence-corrected chi connectivity index (χ0v) is 12.5. The van der Waals surface area contributed by atoms with Crippen LogP contribution in [0.25, 0.3) is 10.9 Å². The van der Waals surface area contributed by atoms with Crippen molar-refractivity contribution in [2.75, 3.05) is 0 Å². The van der Waals surface area contributed by atoms with Crippen LogP contribution in [-0.4, -0.2) is 20.8 Å². The van der Waals surface area contributed by atoms with Crippen molar-refractivity contribution in [1.29, 1.82) is 0 Å². The second-order valence-electron chi connectivity index (χ2n) is 6.33. The van der Waals surface area contributed by atoms with E-state index >= 15 is 0 Å². The summed E-state index contributed by atoms with van der Waals surface area (Å²) in [5.74, 6) is -0.293. The highest BCUT2D eigenvalue weighted by molar-refractivity contribution is 6.13. The molecule has 0 amide bonds. The van der Waals surface area contributed by atoms with Crippen LogP contribution in [0.3, 0.4) is 0 Å². The van der Waals surface area contributed by atoms with E-state index in [1.165, 1.54) is 6.07 Å². The summed E-state index contributed by atoms with van der Waals surface area (Å²) in [4.78, 5) is 9.19. The molecule has 0 atom stereocenters. The molecule has 3 nitrogen and oxygen atoms in total. The van der Waals surface area contributed by atoms with Gasteiger partial charge in [0.05, 0.1) is 16.9 Å². The first kappa shape index (κ1) is 13.2. The van der Waals surface area contributed by atoms with Crippen LogP contribution in [0.1, 0.15) is 25.1 Å². The smallest absolute Gasteiger partial charge is 0.149 e. The number of hydrogen-bond acceptors (Lipinski definition) is 2. The summed E-state index contributed by atoms with van der Waals surface area (Å²) in [6, 6.07) is 11.1. The molecule has 2 aromatic heterocycles. The third-order valence-electron chi connectivity index (χ3n) is 3.98. The van der Waals surface area contributed by atoms with Gasteiger partial charge in [0, 0.05) is 29.9 Å². The van der Waals surface area contributed by atoms with Crippen molar-refractivity contribution in [2.24, 2.45) is 4.99 Å². The summed E-state index contributed by atoms with van der Waals surface area (Å²) in [7, 11) is 0. The van der Waals surface area contributed by atoms with Crippen LogP contribution >= 0.6 is 0 Å². The zero-order chi connectivity index (χ0) is 15.3. The van der Waals surface area contributed by atoms with E-state index in [9.17, 15) is 4.39 Å². The van der Waals surface area contributed by atoms with E-state index < -0.39 is 0 Å². The number of para-hydroxylation sites is 1. The van der Waals surface area contributed by atoms with Gasteiger partial charge in [-0.2, -0.15) is 0 Å². The Morgan fingerprint density at radius 1 is 1.18 bits per heavy atom. The first-order chi connectivity index (χ1) is 10.5. The van der Waals surface area contributed by atoms with Crippen molar-refractivity contribution in [3.05, 3.63) is 65.9 Å². The van der Waals surface area contributed by atoms with E-state index in [0.717, 1.165) is 28.9 Å². The summed E-state index contributed by atoms with van der Waals surface area (Å²) in [5.41, 5.74) is 3.15. The highest BCUT2D eigenvalue weighted by Crippen LogP contribution is 2.26. The quantitative estimate of drug-likeness (QED) is 0.671. The van der Waals surface area contributed by atoms with Gasteiger partial charge in [0.2, 0.25) is 0 Å². The Kier molecular flexibility index (Phi) is 2.70. The Bertz CT molecular complexity index is 906. The SMILES string of the molecule is CC1(C)Cn2cccc2C(c2cnc3c(F)cccc3c2)=N1. The number of nitrogens with zero attached hydrogens (tertiary/aromatic N) is 3. The number of hydrogen-bond donors (Lipinski definition) is 0. The summed E-state index contributed by atoms with van der Waals surface area (Å²) in [6.07, 6.45) is 3.78. The molecule has 4 heteroatoms. The molecule has 3 heterocycles. The fourth-order valence-corrected chi connectivity index (χ4v) is 3.04. The Hall–Kier alpha value is -2.49. The van der Waals surface area contributed by atoms with Gasteiger partial charge < -0.3 is 4.57 Å². The number of rotatable bonds is 1. The second kappa shape index (κ2) is 4.50. The summed E-state index contributed by atoms with van der Waals surface area (Å²) in [5, 5.41) is 0.793. The standard InChI is InChI=1S/C18H16FN3/c1-18(2)11-22-8-4-7-15(22)17(21-18)13-9-12-5-3-6-14(19)16(12)20-10-13/h3-10H,11H2,1-2H3. The lowest BCUT2D eigenvalue weighted by Gasteiger charge is -2.29. The third kappa shape index (κ3) is 2.03. The van der Waals surface area contributed by atoms with Gasteiger partial charge in [0.15, 0.2) is 0 Å². The van der Waals surface area contributed by atoms with Gasteiger partial charge in [-0.15, -0.1) is 0 Å². The van der Waals surface area contributed by atoms with Crippen molar-refractivity contribution in [3.8, 4) is 0 Å². The molecule has 0 spiro atoms. The normalized spacial score (nSPS) is 16.4. The first-order valence-corrected chi connectivity index (χ1v) is 7.33. The maximum absolute atomic E-state index is 13.8. The van der Waals surface area contributed by atoms with E-state index in [-0.39, 0.29) is 11.4 Å². The molecule has 22 heavy (non-hydrogen) atoms. The van der Waals surface area contributed by atoms with Crippen molar-refractivity contribution < 1.29 is 4.39 Å². The van der Waals surface area contributed by atoms with Crippen LogP contribution in [0.15, 0.2) is 53.8 Å². The molecular weight excluding hydrogens is 277 g/mol. The van der Waals surface area contributed by atoms with Crippen molar-refractivity contribution in [3.63, 3.8) is 0 Å². The predicted molar refractivity (Wildman–Crippen MR) is 85.9 cm³/mol. The molecule has 0 fully saturated rings. The molecule has 0 radical (unpaired) electrons. The second-order valence-corrected chi connectivity index (χ2v) is 6.33. The first-order valence-electron chi connectivity index (χ1n) is 7.33. The molecule has 3 aromatic rings. The molecular formula is C18H16FN3. The molecule has 110 valence electrons. The Labute approximate surface area is 128 Å². The van der Waals surface area contributed by atoms with E-state index in [1.807, 2.05) is 18.2 Å². The number of benzene rings is 1. The molecule has 0 saturated heterocycles. The van der Waals surface area contributed by atoms with E-state index in [0.29, 0.717) is 5.52 Å². The van der Waals surface area contributed by atoms with E-state index in [2.05, 4.69) is 35.7 Å². The van der Waals surface area contributed by atoms with Gasteiger partial charge in [-0.1, -0.05) is 12.1 Å². The van der Waals surface area contributed by atoms with Crippen molar-refractivity contribution >= 4 is 16.6 Å². The Morgan fingerprint density at radius 3 is 2.91 bits per heavy atom. The summed E-state index contributed by atoms with van der Waals surface area (Å²) >= 11 is 0. The number of aliphatic imine (C=N–C) groups is 1. The van der Waals surface area contributed by atoms with Crippen LogP contribution in [-0.2, 0) is 6.54 Å². The van der Waals surface area contributed by atoms with Gasteiger partial charge in [-0.3, -0.25) is 9.98 Å². The van der Waals surface area contributed by atoms with Crippen LogP contribution in [0.2, 0.25) is 0 Å². The number of halogens is 1. The lowest BCUT2D eigenvalue weighted by atomic mass is 9.99. The van der Waals surface area contributed by atoms with Gasteiger partial charge in [0.1, 0.15) is 11.3 Å². The van der Waals surface area contributed by atoms with Crippen LogP contribution in [0.5, 0.6) is 0 Å². The molecule has 0 N–H and O–H groups in total. The number of fused-ring (bicyclic) bond motifs is 2. The number of aromatic nitrogens is 2. The molecule has 1 aliphatic heterocycles. The van der Waals surface area contributed by atoms with Gasteiger partial charge in [0.25, 0.3) is 0 Å². The minimum Gasteiger partial charge on any atom is -0.344 e. The molecule has 0 aliphatic carbocycles. The predicted octanol–water partition coefficient (Wildman–Crippen LogP) is 3.81. The van der Waals surface area contributed by atoms with Crippen LogP contribution < -0.4 is 0 Å². The lowest BCUT2D eigenvalue weighted by Crippen LogP contribution is -2.33. The maximum atomic E-state index is 13.8. The molecule has 4 rings (SSSR count). The van der Waals surface area contributed by atoms with Gasteiger partial charge in [-0.25, -0.2) is 4.39 Å². The fourth-order valence-electron chi connectivity index (χ4n) is 3.04. The summed E-state index contributed by atoms with van der Waals surface area (Å²) in [6.45, 7) is 5.09.